The molecule has 0 amide bonds. The van der Waals surface area contributed by atoms with Crippen LogP contribution < -0.4 is 5.32 Å². The van der Waals surface area contributed by atoms with Gasteiger partial charge in [0.05, 0.1) is 5.60 Å². The molecule has 0 aliphatic heterocycles. The van der Waals surface area contributed by atoms with Gasteiger partial charge < -0.3 is 15.3 Å². The average Bonchev–Trinajstić information content (AvgIpc) is 2.63. The molecular formula is C14H30N2O. The quantitative estimate of drug-likeness (QED) is 0.715. The van der Waals surface area contributed by atoms with E-state index in [0.29, 0.717) is 6.04 Å². The van der Waals surface area contributed by atoms with Gasteiger partial charge in [0.25, 0.3) is 0 Å². The lowest BCUT2D eigenvalue weighted by molar-refractivity contribution is 0.0318. The highest BCUT2D eigenvalue weighted by molar-refractivity contribution is 4.85. The number of likely N-dealkylation sites (N-methyl/N-ethyl adjacent to an activating group) is 1. The van der Waals surface area contributed by atoms with E-state index in [9.17, 15) is 5.11 Å². The first kappa shape index (κ1) is 14.9. The van der Waals surface area contributed by atoms with Gasteiger partial charge in [-0.05, 0) is 45.7 Å². The molecule has 1 fully saturated rings. The third-order valence-electron chi connectivity index (χ3n) is 3.68. The second-order valence-electron chi connectivity index (χ2n) is 6.00. The highest BCUT2D eigenvalue weighted by Gasteiger charge is 2.29. The molecule has 0 aromatic carbocycles. The smallest absolute Gasteiger partial charge is 0.0718 e. The van der Waals surface area contributed by atoms with Crippen LogP contribution in [-0.2, 0) is 0 Å². The van der Waals surface area contributed by atoms with Crippen LogP contribution in [0.4, 0.5) is 0 Å². The Hall–Kier alpha value is -0.120. The van der Waals surface area contributed by atoms with Gasteiger partial charge >= 0.3 is 0 Å². The molecular weight excluding hydrogens is 212 g/mol. The maximum Gasteiger partial charge on any atom is 0.0718 e. The molecule has 0 bridgehead atoms. The highest BCUT2D eigenvalue weighted by Crippen LogP contribution is 2.26. The summed E-state index contributed by atoms with van der Waals surface area (Å²) in [5.74, 6) is 0.761. The Morgan fingerprint density at radius 1 is 1.29 bits per heavy atom. The molecule has 1 saturated carbocycles. The summed E-state index contributed by atoms with van der Waals surface area (Å²) in [6, 6.07) is 0.691. The van der Waals surface area contributed by atoms with Crippen LogP contribution in [0.3, 0.4) is 0 Å². The molecule has 2 atom stereocenters. The minimum absolute atomic E-state index is 0.581. The van der Waals surface area contributed by atoms with Crippen molar-refractivity contribution in [3.05, 3.63) is 0 Å². The Morgan fingerprint density at radius 2 is 2.00 bits per heavy atom. The summed E-state index contributed by atoms with van der Waals surface area (Å²) in [7, 11) is 0. The summed E-state index contributed by atoms with van der Waals surface area (Å²) in [5, 5.41) is 13.5. The third kappa shape index (κ3) is 5.36. The van der Waals surface area contributed by atoms with E-state index in [0.717, 1.165) is 32.1 Å². The van der Waals surface area contributed by atoms with Crippen LogP contribution in [0.1, 0.15) is 47.0 Å². The number of aliphatic hydroxyl groups is 1. The molecule has 2 unspecified atom stereocenters. The van der Waals surface area contributed by atoms with Crippen molar-refractivity contribution < 1.29 is 5.11 Å². The van der Waals surface area contributed by atoms with Crippen LogP contribution in [0, 0.1) is 5.92 Å². The fourth-order valence-electron chi connectivity index (χ4n) is 2.97. The van der Waals surface area contributed by atoms with E-state index in [-0.39, 0.29) is 0 Å². The van der Waals surface area contributed by atoms with Crippen LogP contribution in [0.15, 0.2) is 0 Å². The fraction of sp³-hybridized carbons (Fsp3) is 1.00. The molecule has 3 nitrogen and oxygen atoms in total. The van der Waals surface area contributed by atoms with Gasteiger partial charge in [0.1, 0.15) is 0 Å². The fourth-order valence-corrected chi connectivity index (χ4v) is 2.97. The Labute approximate surface area is 107 Å². The molecule has 0 saturated heterocycles. The summed E-state index contributed by atoms with van der Waals surface area (Å²) in [6.07, 6.45) is 4.00. The van der Waals surface area contributed by atoms with E-state index in [1.54, 1.807) is 0 Å². The van der Waals surface area contributed by atoms with Crippen molar-refractivity contribution in [2.45, 2.75) is 58.6 Å². The second kappa shape index (κ2) is 6.72. The van der Waals surface area contributed by atoms with Gasteiger partial charge in [-0.3, -0.25) is 0 Å². The molecule has 17 heavy (non-hydrogen) atoms. The lowest BCUT2D eigenvalue weighted by atomic mass is 10.0. The second-order valence-corrected chi connectivity index (χ2v) is 6.00. The monoisotopic (exact) mass is 242 g/mol. The molecule has 0 heterocycles. The normalized spacial score (nSPS) is 25.8. The predicted molar refractivity (Wildman–Crippen MR) is 73.2 cm³/mol. The van der Waals surface area contributed by atoms with Crippen LogP contribution in [0.25, 0.3) is 0 Å². The molecule has 1 aliphatic carbocycles. The van der Waals surface area contributed by atoms with Crippen molar-refractivity contribution in [3.8, 4) is 0 Å². The summed E-state index contributed by atoms with van der Waals surface area (Å²) >= 11 is 0. The maximum atomic E-state index is 9.91. The van der Waals surface area contributed by atoms with E-state index in [2.05, 4.69) is 24.1 Å². The number of nitrogens with one attached hydrogen (secondary N) is 1. The zero-order valence-corrected chi connectivity index (χ0v) is 12.0. The van der Waals surface area contributed by atoms with E-state index < -0.39 is 5.60 Å². The van der Waals surface area contributed by atoms with Crippen molar-refractivity contribution >= 4 is 0 Å². The van der Waals surface area contributed by atoms with Gasteiger partial charge in [0, 0.05) is 19.1 Å². The first-order valence-corrected chi connectivity index (χ1v) is 7.14. The number of hydrogen-bond donors (Lipinski definition) is 2. The van der Waals surface area contributed by atoms with Crippen LogP contribution in [-0.4, -0.2) is 47.8 Å². The molecule has 102 valence electrons. The van der Waals surface area contributed by atoms with Gasteiger partial charge in [0.15, 0.2) is 0 Å². The summed E-state index contributed by atoms with van der Waals surface area (Å²) in [4.78, 5) is 2.39. The maximum absolute atomic E-state index is 9.91. The standard InChI is InChI=1S/C14H30N2O/c1-5-15-13-9-7-8-12(13)10-16(6-2)11-14(3,4)17/h12-13,15,17H,5-11H2,1-4H3. The van der Waals surface area contributed by atoms with Crippen molar-refractivity contribution in [2.75, 3.05) is 26.2 Å². The topological polar surface area (TPSA) is 35.5 Å². The first-order chi connectivity index (χ1) is 7.96. The van der Waals surface area contributed by atoms with Crippen LogP contribution in [0.2, 0.25) is 0 Å². The van der Waals surface area contributed by atoms with Crippen molar-refractivity contribution in [3.63, 3.8) is 0 Å². The summed E-state index contributed by atoms with van der Waals surface area (Å²) in [5.41, 5.74) is -0.581. The number of hydrogen-bond acceptors (Lipinski definition) is 3. The molecule has 3 heteroatoms. The highest BCUT2D eigenvalue weighted by atomic mass is 16.3. The van der Waals surface area contributed by atoms with Crippen molar-refractivity contribution in [1.82, 2.24) is 10.2 Å². The molecule has 0 radical (unpaired) electrons. The minimum atomic E-state index is -0.581. The van der Waals surface area contributed by atoms with Gasteiger partial charge in [-0.2, -0.15) is 0 Å². The van der Waals surface area contributed by atoms with Gasteiger partial charge in [0.2, 0.25) is 0 Å². The molecule has 1 aliphatic rings. The molecule has 1 rings (SSSR count). The average molecular weight is 242 g/mol. The zero-order valence-electron chi connectivity index (χ0n) is 12.0. The molecule has 0 aromatic rings. The minimum Gasteiger partial charge on any atom is -0.389 e. The zero-order chi connectivity index (χ0) is 12.9. The van der Waals surface area contributed by atoms with Crippen molar-refractivity contribution in [2.24, 2.45) is 5.92 Å². The summed E-state index contributed by atoms with van der Waals surface area (Å²) in [6.45, 7) is 12.2. The Morgan fingerprint density at radius 3 is 2.53 bits per heavy atom. The first-order valence-electron chi connectivity index (χ1n) is 7.14. The number of nitrogens with zero attached hydrogens (tertiary/aromatic N) is 1. The van der Waals surface area contributed by atoms with E-state index in [1.807, 2.05) is 13.8 Å². The third-order valence-corrected chi connectivity index (χ3v) is 3.68. The van der Waals surface area contributed by atoms with Crippen LogP contribution in [0.5, 0.6) is 0 Å². The lowest BCUT2D eigenvalue weighted by Gasteiger charge is -2.32. The van der Waals surface area contributed by atoms with Gasteiger partial charge in [-0.15, -0.1) is 0 Å². The van der Waals surface area contributed by atoms with E-state index >= 15 is 0 Å². The van der Waals surface area contributed by atoms with Crippen molar-refractivity contribution in [1.29, 1.82) is 0 Å². The summed E-state index contributed by atoms with van der Waals surface area (Å²) < 4.78 is 0. The van der Waals surface area contributed by atoms with Gasteiger partial charge in [-0.1, -0.05) is 20.3 Å². The van der Waals surface area contributed by atoms with E-state index in [1.165, 1.54) is 19.3 Å². The van der Waals surface area contributed by atoms with Gasteiger partial charge in [-0.25, -0.2) is 0 Å². The Balaban J connectivity index is 2.44. The van der Waals surface area contributed by atoms with Crippen LogP contribution >= 0.6 is 0 Å². The number of rotatable bonds is 7. The SMILES string of the molecule is CCNC1CCCC1CN(CC)CC(C)(C)O. The lowest BCUT2D eigenvalue weighted by Crippen LogP contribution is -2.44. The predicted octanol–water partition coefficient (Wildman–Crippen LogP) is 1.86. The largest absolute Gasteiger partial charge is 0.389 e. The molecule has 0 spiro atoms. The molecule has 0 aromatic heterocycles. The Bertz CT molecular complexity index is 213. The van der Waals surface area contributed by atoms with E-state index in [4.69, 9.17) is 0 Å². The molecule has 2 N–H and O–H groups in total. The Kier molecular flexibility index (Phi) is 5.90.